The zero-order chi connectivity index (χ0) is 23.8. The van der Waals surface area contributed by atoms with E-state index in [1.54, 1.807) is 24.3 Å². The minimum Gasteiger partial charge on any atom is -0.493 e. The third-order valence-electron chi connectivity index (χ3n) is 4.61. The molecule has 0 radical (unpaired) electrons. The number of carbonyl (C=O) groups excluding carboxylic acids is 2. The van der Waals surface area contributed by atoms with E-state index >= 15 is 0 Å². The molecule has 0 saturated carbocycles. The van der Waals surface area contributed by atoms with Gasteiger partial charge in [-0.05, 0) is 59.0 Å². The first-order valence-electron chi connectivity index (χ1n) is 10.3. The highest BCUT2D eigenvalue weighted by Gasteiger charge is 2.15. The molecular weight excluding hydrogens is 424 g/mol. The summed E-state index contributed by atoms with van der Waals surface area (Å²) in [5, 5.41) is 3.92. The van der Waals surface area contributed by atoms with Crippen molar-refractivity contribution in [1.29, 1.82) is 0 Å². The van der Waals surface area contributed by atoms with Crippen molar-refractivity contribution in [3.05, 3.63) is 77.7 Å². The van der Waals surface area contributed by atoms with Gasteiger partial charge in [-0.15, -0.1) is 0 Å². The lowest BCUT2D eigenvalue weighted by molar-refractivity contribution is -0.123. The van der Waals surface area contributed by atoms with E-state index in [4.69, 9.17) is 18.6 Å². The van der Waals surface area contributed by atoms with E-state index < -0.39 is 11.9 Å². The van der Waals surface area contributed by atoms with Crippen LogP contribution in [-0.2, 0) is 10.2 Å². The van der Waals surface area contributed by atoms with E-state index in [0.29, 0.717) is 17.1 Å². The largest absolute Gasteiger partial charge is 0.493 e. The van der Waals surface area contributed by atoms with Crippen LogP contribution in [0, 0.1) is 0 Å². The van der Waals surface area contributed by atoms with Gasteiger partial charge in [0.15, 0.2) is 18.1 Å². The van der Waals surface area contributed by atoms with Gasteiger partial charge in [-0.2, -0.15) is 5.10 Å². The molecule has 1 N–H and O–H groups in total. The zero-order valence-corrected chi connectivity index (χ0v) is 19.0. The maximum atomic E-state index is 12.0. The van der Waals surface area contributed by atoms with Gasteiger partial charge in [-0.1, -0.05) is 32.9 Å². The van der Waals surface area contributed by atoms with Gasteiger partial charge in [-0.3, -0.25) is 4.79 Å². The molecule has 0 spiro atoms. The van der Waals surface area contributed by atoms with Crippen LogP contribution in [-0.4, -0.2) is 31.8 Å². The lowest BCUT2D eigenvalue weighted by Gasteiger charge is -2.19. The second kappa shape index (κ2) is 10.5. The molecule has 33 heavy (non-hydrogen) atoms. The minimum absolute atomic E-state index is 0.0482. The Balaban J connectivity index is 1.52. The third kappa shape index (κ3) is 6.70. The van der Waals surface area contributed by atoms with E-state index in [2.05, 4.69) is 31.3 Å². The molecule has 1 amide bonds. The van der Waals surface area contributed by atoms with E-state index in [9.17, 15) is 9.59 Å². The second-order valence-electron chi connectivity index (χ2n) is 8.13. The molecule has 3 aromatic rings. The van der Waals surface area contributed by atoms with E-state index in [1.807, 2.05) is 24.3 Å². The molecule has 0 saturated heterocycles. The Labute approximate surface area is 192 Å². The van der Waals surface area contributed by atoms with Crippen LogP contribution in [0.4, 0.5) is 0 Å². The van der Waals surface area contributed by atoms with Crippen molar-refractivity contribution in [1.82, 2.24) is 5.43 Å². The monoisotopic (exact) mass is 450 g/mol. The molecule has 0 fully saturated rings. The van der Waals surface area contributed by atoms with Gasteiger partial charge in [0.1, 0.15) is 5.75 Å². The highest BCUT2D eigenvalue weighted by Crippen LogP contribution is 2.28. The third-order valence-corrected chi connectivity index (χ3v) is 4.61. The Bertz CT molecular complexity index is 1110. The van der Waals surface area contributed by atoms with Gasteiger partial charge in [0, 0.05) is 0 Å². The van der Waals surface area contributed by atoms with Crippen LogP contribution in [0.3, 0.4) is 0 Å². The first-order chi connectivity index (χ1) is 15.8. The molecule has 3 rings (SSSR count). The minimum atomic E-state index is -0.639. The Hall–Kier alpha value is -4.07. The Morgan fingerprint density at radius 1 is 1.06 bits per heavy atom. The van der Waals surface area contributed by atoms with Crippen LogP contribution >= 0.6 is 0 Å². The smallest absolute Gasteiger partial charge is 0.379 e. The maximum absolute atomic E-state index is 12.0. The quantitative estimate of drug-likeness (QED) is 0.237. The molecule has 172 valence electrons. The molecule has 0 atom stereocenters. The fraction of sp³-hybridized carbons (Fsp3) is 0.240. The van der Waals surface area contributed by atoms with Crippen molar-refractivity contribution in [2.75, 3.05) is 13.7 Å². The zero-order valence-electron chi connectivity index (χ0n) is 19.0. The molecule has 0 unspecified atom stereocenters. The number of nitrogens with zero attached hydrogens (tertiary/aromatic N) is 1. The van der Waals surface area contributed by atoms with Gasteiger partial charge in [0.25, 0.3) is 5.91 Å². The number of hydrogen-bond acceptors (Lipinski definition) is 7. The molecule has 0 aliphatic carbocycles. The number of methoxy groups -OCH3 is 1. The number of benzene rings is 2. The van der Waals surface area contributed by atoms with Crippen LogP contribution < -0.4 is 19.6 Å². The number of hydrogen-bond donors (Lipinski definition) is 1. The second-order valence-corrected chi connectivity index (χ2v) is 8.13. The van der Waals surface area contributed by atoms with Crippen molar-refractivity contribution in [2.45, 2.75) is 26.2 Å². The number of nitrogens with one attached hydrogen (secondary N) is 1. The average Bonchev–Trinajstić information content (AvgIpc) is 3.33. The van der Waals surface area contributed by atoms with Gasteiger partial charge in [0.05, 0.1) is 19.6 Å². The summed E-state index contributed by atoms with van der Waals surface area (Å²) >= 11 is 0. The lowest BCUT2D eigenvalue weighted by Crippen LogP contribution is -2.24. The van der Waals surface area contributed by atoms with Gasteiger partial charge < -0.3 is 18.6 Å². The fourth-order valence-electron chi connectivity index (χ4n) is 2.80. The molecule has 8 nitrogen and oxygen atoms in total. The molecule has 1 heterocycles. The van der Waals surface area contributed by atoms with Gasteiger partial charge in [-0.25, -0.2) is 10.2 Å². The molecule has 1 aromatic heterocycles. The van der Waals surface area contributed by atoms with E-state index in [-0.39, 0.29) is 23.5 Å². The summed E-state index contributed by atoms with van der Waals surface area (Å²) in [5.41, 5.74) is 4.26. The highest BCUT2D eigenvalue weighted by atomic mass is 16.6. The van der Waals surface area contributed by atoms with Crippen molar-refractivity contribution in [2.24, 2.45) is 5.10 Å². The van der Waals surface area contributed by atoms with Gasteiger partial charge in [0.2, 0.25) is 5.76 Å². The molecule has 8 heteroatoms. The number of carbonyl (C=O) groups is 2. The lowest BCUT2D eigenvalue weighted by atomic mass is 9.87. The summed E-state index contributed by atoms with van der Waals surface area (Å²) < 4.78 is 21.1. The van der Waals surface area contributed by atoms with E-state index in [1.165, 1.54) is 31.2 Å². The summed E-state index contributed by atoms with van der Waals surface area (Å²) in [6, 6.07) is 15.6. The maximum Gasteiger partial charge on any atom is 0.379 e. The molecule has 0 aliphatic rings. The summed E-state index contributed by atoms with van der Waals surface area (Å²) in [7, 11) is 1.45. The summed E-state index contributed by atoms with van der Waals surface area (Å²) in [4.78, 5) is 24.0. The molecular formula is C25H26N2O6. The first-order valence-corrected chi connectivity index (χ1v) is 10.3. The van der Waals surface area contributed by atoms with Crippen LogP contribution in [0.5, 0.6) is 17.2 Å². The number of hydrazone groups is 1. The number of rotatable bonds is 8. The highest BCUT2D eigenvalue weighted by molar-refractivity contribution is 5.89. The number of ether oxygens (including phenoxy) is 3. The van der Waals surface area contributed by atoms with Crippen molar-refractivity contribution < 1.29 is 28.2 Å². The van der Waals surface area contributed by atoms with Crippen molar-refractivity contribution >= 4 is 18.1 Å². The molecule has 2 aromatic carbocycles. The number of esters is 1. The Morgan fingerprint density at radius 3 is 2.45 bits per heavy atom. The summed E-state index contributed by atoms with van der Waals surface area (Å²) in [6.07, 6.45) is 2.83. The van der Waals surface area contributed by atoms with Crippen molar-refractivity contribution in [3.63, 3.8) is 0 Å². The van der Waals surface area contributed by atoms with Crippen molar-refractivity contribution in [3.8, 4) is 17.2 Å². The van der Waals surface area contributed by atoms with Crippen LogP contribution in [0.25, 0.3) is 0 Å². The Kier molecular flexibility index (Phi) is 7.50. The van der Waals surface area contributed by atoms with Crippen LogP contribution in [0.2, 0.25) is 0 Å². The van der Waals surface area contributed by atoms with Crippen LogP contribution in [0.1, 0.15) is 42.5 Å². The predicted molar refractivity (Wildman–Crippen MR) is 123 cm³/mol. The normalized spacial score (nSPS) is 11.3. The van der Waals surface area contributed by atoms with E-state index in [0.717, 1.165) is 0 Å². The average molecular weight is 450 g/mol. The first kappa shape index (κ1) is 23.6. The summed E-state index contributed by atoms with van der Waals surface area (Å²) in [6.45, 7) is 6.22. The molecule has 0 bridgehead atoms. The molecule has 0 aliphatic heterocycles. The fourth-order valence-corrected chi connectivity index (χ4v) is 2.80. The topological polar surface area (TPSA) is 99.4 Å². The SMILES string of the molecule is COc1cc(/C=N/NC(=O)COc2ccc(C(C)(C)C)cc2)ccc1OC(=O)c1ccco1. The predicted octanol–water partition coefficient (Wildman–Crippen LogP) is 4.33. The standard InChI is InChI=1S/C25H26N2O6/c1-25(2,3)18-8-10-19(11-9-18)32-16-23(28)27-26-15-17-7-12-20(22(14-17)30-4)33-24(29)21-6-5-13-31-21/h5-15H,16H2,1-4H3,(H,27,28)/b26-15+. The van der Waals surface area contributed by atoms with Gasteiger partial charge >= 0.3 is 5.97 Å². The number of amides is 1. The Morgan fingerprint density at radius 2 is 1.82 bits per heavy atom. The van der Waals surface area contributed by atoms with Crippen LogP contribution in [0.15, 0.2) is 70.4 Å². The number of furan rings is 1. The summed E-state index contributed by atoms with van der Waals surface area (Å²) in [5.74, 6) is 0.199.